The maximum atomic E-state index is 11.7. The van der Waals surface area contributed by atoms with Crippen LogP contribution in [0.1, 0.15) is 53.9 Å². The topological polar surface area (TPSA) is 90.9 Å². The Labute approximate surface area is 127 Å². The van der Waals surface area contributed by atoms with Gasteiger partial charge >= 0.3 is 0 Å². The maximum absolute atomic E-state index is 11.7. The van der Waals surface area contributed by atoms with Gasteiger partial charge in [0.1, 0.15) is 5.82 Å². The highest BCUT2D eigenvalue weighted by Crippen LogP contribution is 2.43. The minimum atomic E-state index is -3.83. The average Bonchev–Trinajstić information content (AvgIpc) is 3.00. The summed E-state index contributed by atoms with van der Waals surface area (Å²) < 4.78 is 25.2. The Morgan fingerprint density at radius 2 is 2.10 bits per heavy atom. The van der Waals surface area contributed by atoms with E-state index in [4.69, 9.17) is 5.14 Å². The molecule has 112 valence electrons. The summed E-state index contributed by atoms with van der Waals surface area (Å²) in [7, 11) is -3.83. The van der Waals surface area contributed by atoms with E-state index in [1.807, 2.05) is 0 Å². The normalized spacial score (nSPS) is 22.2. The van der Waals surface area contributed by atoms with Gasteiger partial charge in [-0.1, -0.05) is 0 Å². The predicted molar refractivity (Wildman–Crippen MR) is 78.8 cm³/mol. The summed E-state index contributed by atoms with van der Waals surface area (Å²) in [5.74, 6) is 0.907. The second-order valence-electron chi connectivity index (χ2n) is 5.73. The van der Waals surface area contributed by atoms with Gasteiger partial charge in [0.2, 0.25) is 0 Å². The van der Waals surface area contributed by atoms with E-state index in [2.05, 4.69) is 21.6 Å². The second kappa shape index (κ2) is 4.62. The largest absolute Gasteiger partial charge is 0.297 e. The number of hydrogen-bond donors (Lipinski definition) is 1. The summed E-state index contributed by atoms with van der Waals surface area (Å²) in [4.78, 5) is 1.38. The van der Waals surface area contributed by atoms with Crippen LogP contribution in [0.3, 0.4) is 0 Å². The summed E-state index contributed by atoms with van der Waals surface area (Å²) in [6.45, 7) is 0. The van der Waals surface area contributed by atoms with Crippen molar-refractivity contribution in [1.82, 2.24) is 14.8 Å². The van der Waals surface area contributed by atoms with Crippen LogP contribution in [0.15, 0.2) is 16.6 Å². The van der Waals surface area contributed by atoms with Crippen molar-refractivity contribution in [2.24, 2.45) is 5.14 Å². The van der Waals surface area contributed by atoms with Gasteiger partial charge in [0, 0.05) is 16.8 Å². The number of nitrogens with two attached hydrogens (primary N) is 1. The predicted octanol–water partition coefficient (Wildman–Crippen LogP) is 1.79. The molecule has 1 saturated carbocycles. The molecule has 0 aromatic carbocycles. The van der Waals surface area contributed by atoms with Crippen LogP contribution in [0.5, 0.6) is 0 Å². The molecule has 6 nitrogen and oxygen atoms in total. The molecule has 2 aromatic rings. The molecule has 1 fully saturated rings. The average molecular weight is 324 g/mol. The number of rotatable bonds is 3. The molecular formula is C13H16N4O2S2. The Hall–Kier alpha value is -1.25. The van der Waals surface area contributed by atoms with Crippen molar-refractivity contribution in [2.45, 2.75) is 49.2 Å². The van der Waals surface area contributed by atoms with E-state index in [0.717, 1.165) is 37.9 Å². The zero-order valence-electron chi connectivity index (χ0n) is 11.4. The number of hydrogen-bond acceptors (Lipinski definition) is 5. The smallest absolute Gasteiger partial charge is 0.273 e. The molecule has 0 radical (unpaired) electrons. The summed E-state index contributed by atoms with van der Waals surface area (Å²) in [6.07, 6.45) is 5.12. The van der Waals surface area contributed by atoms with Gasteiger partial charge in [0.05, 0.1) is 0 Å². The Morgan fingerprint density at radius 1 is 1.29 bits per heavy atom. The van der Waals surface area contributed by atoms with Crippen LogP contribution < -0.4 is 5.14 Å². The van der Waals surface area contributed by atoms with E-state index in [-0.39, 0.29) is 17.1 Å². The van der Waals surface area contributed by atoms with Crippen molar-refractivity contribution in [3.8, 4) is 0 Å². The first-order chi connectivity index (χ1) is 10.1. The van der Waals surface area contributed by atoms with Crippen LogP contribution in [0.4, 0.5) is 0 Å². The lowest BCUT2D eigenvalue weighted by molar-refractivity contribution is 0.528. The molecule has 0 aliphatic heterocycles. The van der Waals surface area contributed by atoms with Crippen LogP contribution in [0, 0.1) is 0 Å². The lowest BCUT2D eigenvalue weighted by Crippen LogP contribution is -2.20. The van der Waals surface area contributed by atoms with Crippen LogP contribution >= 0.6 is 11.3 Å². The third kappa shape index (κ3) is 2.21. The Balaban J connectivity index is 1.86. The molecule has 4 rings (SSSR count). The van der Waals surface area contributed by atoms with Gasteiger partial charge in [-0.3, -0.25) is 4.57 Å². The first kappa shape index (κ1) is 13.4. The Morgan fingerprint density at radius 3 is 2.81 bits per heavy atom. The molecule has 2 aromatic heterocycles. The van der Waals surface area contributed by atoms with Gasteiger partial charge in [0.15, 0.2) is 0 Å². The monoisotopic (exact) mass is 324 g/mol. The second-order valence-corrected chi connectivity index (χ2v) is 8.19. The molecule has 0 saturated heterocycles. The van der Waals surface area contributed by atoms with Gasteiger partial charge in [0.25, 0.3) is 15.2 Å². The zero-order chi connectivity index (χ0) is 14.6. The first-order valence-corrected chi connectivity index (χ1v) is 9.52. The molecule has 1 atom stereocenters. The van der Waals surface area contributed by atoms with Crippen molar-refractivity contribution in [3.63, 3.8) is 0 Å². The van der Waals surface area contributed by atoms with Crippen molar-refractivity contribution >= 4 is 21.4 Å². The highest BCUT2D eigenvalue weighted by Gasteiger charge is 2.37. The molecule has 0 amide bonds. The minimum Gasteiger partial charge on any atom is -0.297 e. The highest BCUT2D eigenvalue weighted by molar-refractivity contribution is 7.89. The molecule has 2 aliphatic carbocycles. The standard InChI is InChI=1S/C13H16N4O2S2/c14-21(18,19)13-16-15-12(17(13)8-4-5-8)10-2-1-3-11-9(10)6-7-20-11/h6-8,10H,1-5H2,(H2,14,18,19). The lowest BCUT2D eigenvalue weighted by Gasteiger charge is -2.22. The third-order valence-corrected chi connectivity index (χ3v) is 6.00. The molecular weight excluding hydrogens is 308 g/mol. The third-order valence-electron chi connectivity index (χ3n) is 4.22. The van der Waals surface area contributed by atoms with Crippen LogP contribution in [-0.2, 0) is 16.4 Å². The summed E-state index contributed by atoms with van der Waals surface area (Å²) in [6, 6.07) is 2.32. The SMILES string of the molecule is NS(=O)(=O)c1nnc(C2CCCc3sccc32)n1C1CC1. The summed E-state index contributed by atoms with van der Waals surface area (Å²) in [5, 5.41) is 15.4. The van der Waals surface area contributed by atoms with E-state index < -0.39 is 10.0 Å². The fraction of sp³-hybridized carbons (Fsp3) is 0.538. The number of primary sulfonamides is 1. The van der Waals surface area contributed by atoms with Gasteiger partial charge < -0.3 is 0 Å². The highest BCUT2D eigenvalue weighted by atomic mass is 32.2. The van der Waals surface area contributed by atoms with Crippen LogP contribution in [0.25, 0.3) is 0 Å². The minimum absolute atomic E-state index is 0.0812. The summed E-state index contributed by atoms with van der Waals surface area (Å²) >= 11 is 1.77. The van der Waals surface area contributed by atoms with E-state index in [1.165, 1.54) is 10.4 Å². The van der Waals surface area contributed by atoms with E-state index in [9.17, 15) is 8.42 Å². The van der Waals surface area contributed by atoms with E-state index in [1.54, 1.807) is 15.9 Å². The molecule has 2 heterocycles. The van der Waals surface area contributed by atoms with E-state index >= 15 is 0 Å². The Bertz CT molecular complexity index is 789. The molecule has 0 spiro atoms. The fourth-order valence-corrected chi connectivity index (χ4v) is 4.81. The summed E-state index contributed by atoms with van der Waals surface area (Å²) in [5.41, 5.74) is 1.28. The fourth-order valence-electron chi connectivity index (χ4n) is 3.15. The molecule has 8 heteroatoms. The molecule has 0 bridgehead atoms. The first-order valence-electron chi connectivity index (χ1n) is 7.09. The number of aryl methyl sites for hydroxylation is 1. The van der Waals surface area contributed by atoms with Gasteiger partial charge in [-0.2, -0.15) is 0 Å². The number of nitrogens with zero attached hydrogens (tertiary/aromatic N) is 3. The maximum Gasteiger partial charge on any atom is 0.273 e. The quantitative estimate of drug-likeness (QED) is 0.932. The van der Waals surface area contributed by atoms with E-state index in [0.29, 0.717) is 0 Å². The van der Waals surface area contributed by atoms with Crippen LogP contribution in [0.2, 0.25) is 0 Å². The van der Waals surface area contributed by atoms with Crippen molar-refractivity contribution < 1.29 is 8.42 Å². The molecule has 1 unspecified atom stereocenters. The Kier molecular flexibility index (Phi) is 2.95. The van der Waals surface area contributed by atoms with Gasteiger partial charge in [-0.25, -0.2) is 13.6 Å². The van der Waals surface area contributed by atoms with Gasteiger partial charge in [-0.15, -0.1) is 21.5 Å². The van der Waals surface area contributed by atoms with Crippen molar-refractivity contribution in [2.75, 3.05) is 0 Å². The number of aromatic nitrogens is 3. The number of thiophene rings is 1. The number of fused-ring (bicyclic) bond motifs is 1. The molecule has 2 aliphatic rings. The van der Waals surface area contributed by atoms with Crippen molar-refractivity contribution in [3.05, 3.63) is 27.7 Å². The van der Waals surface area contributed by atoms with Crippen molar-refractivity contribution in [1.29, 1.82) is 0 Å². The lowest BCUT2D eigenvalue weighted by atomic mass is 9.87. The molecule has 2 N–H and O–H groups in total. The zero-order valence-corrected chi connectivity index (χ0v) is 13.0. The van der Waals surface area contributed by atoms with Gasteiger partial charge in [-0.05, 0) is 49.1 Å². The number of sulfonamides is 1. The van der Waals surface area contributed by atoms with Crippen LogP contribution in [-0.4, -0.2) is 23.2 Å². The molecule has 21 heavy (non-hydrogen) atoms.